The number of nitrogens with one attached hydrogen (secondary N) is 1. The highest BCUT2D eigenvalue weighted by atomic mass is 32.2. The molecule has 1 atom stereocenters. The number of hydrogen-bond acceptors (Lipinski definition) is 7. The van der Waals surface area contributed by atoms with Crippen molar-refractivity contribution in [2.75, 3.05) is 34.9 Å². The van der Waals surface area contributed by atoms with Gasteiger partial charge in [-0.1, -0.05) is 6.92 Å². The fourth-order valence-electron chi connectivity index (χ4n) is 1.83. The van der Waals surface area contributed by atoms with E-state index >= 15 is 0 Å². The van der Waals surface area contributed by atoms with Crippen LogP contribution >= 0.6 is 23.3 Å². The quantitative estimate of drug-likeness (QED) is 0.861. The highest BCUT2D eigenvalue weighted by Gasteiger charge is 2.24. The van der Waals surface area contributed by atoms with Crippen molar-refractivity contribution in [3.63, 3.8) is 0 Å². The molecule has 1 aromatic rings. The van der Waals surface area contributed by atoms with Gasteiger partial charge in [0.2, 0.25) is 0 Å². The zero-order valence-electron chi connectivity index (χ0n) is 10.2. The third-order valence-corrected chi connectivity index (χ3v) is 6.92. The molecule has 0 bridgehead atoms. The Morgan fingerprint density at radius 1 is 1.56 bits per heavy atom. The van der Waals surface area contributed by atoms with Crippen molar-refractivity contribution >= 4 is 44.0 Å². The Bertz CT molecular complexity index is 506. The van der Waals surface area contributed by atoms with Crippen molar-refractivity contribution in [1.82, 2.24) is 4.37 Å². The van der Waals surface area contributed by atoms with E-state index in [-0.39, 0.29) is 16.5 Å². The molecule has 2 heterocycles. The lowest BCUT2D eigenvalue weighted by Gasteiger charge is -2.11. The molecule has 0 aromatic carbocycles. The Balaban J connectivity index is 2.13. The van der Waals surface area contributed by atoms with E-state index in [2.05, 4.69) is 9.69 Å². The largest absolute Gasteiger partial charge is 0.382 e. The van der Waals surface area contributed by atoms with Crippen LogP contribution in [-0.2, 0) is 9.84 Å². The van der Waals surface area contributed by atoms with Crippen molar-refractivity contribution in [3.05, 3.63) is 0 Å². The molecule has 5 nitrogen and oxygen atoms in total. The van der Waals surface area contributed by atoms with E-state index in [0.29, 0.717) is 10.9 Å². The molecule has 1 fully saturated rings. The molecule has 8 heteroatoms. The Hall–Kier alpha value is -0.470. The normalized spacial score (nSPS) is 20.2. The van der Waals surface area contributed by atoms with Crippen molar-refractivity contribution in [2.24, 2.45) is 5.92 Å². The highest BCUT2D eigenvalue weighted by Crippen LogP contribution is 2.33. The van der Waals surface area contributed by atoms with Crippen molar-refractivity contribution in [1.29, 1.82) is 0 Å². The zero-order chi connectivity index (χ0) is 13.2. The number of nitrogens with two attached hydrogens (primary N) is 1. The minimum atomic E-state index is -3.31. The molecule has 1 aliphatic rings. The van der Waals surface area contributed by atoms with Gasteiger partial charge >= 0.3 is 0 Å². The van der Waals surface area contributed by atoms with Gasteiger partial charge in [0.25, 0.3) is 0 Å². The SMILES string of the molecule is CCS(=O)(=O)c1c(N)nsc1NCC1CCSC1. The molecule has 1 aromatic heterocycles. The number of sulfone groups is 1. The second-order valence-corrected chi connectivity index (χ2v) is 8.38. The molecule has 18 heavy (non-hydrogen) atoms. The molecular formula is C10H17N3O2S3. The Kier molecular flexibility index (Phi) is 4.39. The van der Waals surface area contributed by atoms with Crippen molar-refractivity contribution < 1.29 is 8.42 Å². The monoisotopic (exact) mass is 307 g/mol. The summed E-state index contributed by atoms with van der Waals surface area (Å²) in [7, 11) is -3.31. The maximum Gasteiger partial charge on any atom is 0.184 e. The molecule has 0 spiro atoms. The van der Waals surface area contributed by atoms with Crippen LogP contribution < -0.4 is 11.1 Å². The van der Waals surface area contributed by atoms with Crippen LogP contribution in [-0.4, -0.2) is 36.6 Å². The topological polar surface area (TPSA) is 85.1 Å². The summed E-state index contributed by atoms with van der Waals surface area (Å²) in [5, 5.41) is 3.79. The molecule has 2 rings (SSSR count). The van der Waals surface area contributed by atoms with Crippen molar-refractivity contribution in [3.8, 4) is 0 Å². The van der Waals surface area contributed by atoms with Gasteiger partial charge in [-0.15, -0.1) is 0 Å². The molecule has 1 aliphatic heterocycles. The lowest BCUT2D eigenvalue weighted by Crippen LogP contribution is -2.15. The first kappa shape index (κ1) is 14.0. The maximum atomic E-state index is 11.9. The smallest absolute Gasteiger partial charge is 0.184 e. The van der Waals surface area contributed by atoms with Crippen molar-refractivity contribution in [2.45, 2.75) is 18.2 Å². The van der Waals surface area contributed by atoms with Crippen LogP contribution in [0.4, 0.5) is 10.8 Å². The summed E-state index contributed by atoms with van der Waals surface area (Å²) < 4.78 is 27.8. The number of thioether (sulfide) groups is 1. The summed E-state index contributed by atoms with van der Waals surface area (Å²) in [6.07, 6.45) is 1.18. The minimum absolute atomic E-state index is 0.0452. The van der Waals surface area contributed by atoms with Gasteiger partial charge < -0.3 is 11.1 Å². The molecule has 1 saturated heterocycles. The Labute approximate surface area is 116 Å². The summed E-state index contributed by atoms with van der Waals surface area (Å²) in [6.45, 7) is 2.41. The second-order valence-electron chi connectivity index (χ2n) is 4.24. The first-order chi connectivity index (χ1) is 8.54. The van der Waals surface area contributed by atoms with Gasteiger partial charge in [-0.2, -0.15) is 16.1 Å². The third kappa shape index (κ3) is 2.92. The fraction of sp³-hybridized carbons (Fsp3) is 0.700. The van der Waals surface area contributed by atoms with Gasteiger partial charge in [-0.05, 0) is 35.4 Å². The van der Waals surface area contributed by atoms with Crippen LogP contribution in [0.25, 0.3) is 0 Å². The molecule has 3 N–H and O–H groups in total. The molecule has 0 aliphatic carbocycles. The maximum absolute atomic E-state index is 11.9. The van der Waals surface area contributed by atoms with E-state index in [4.69, 9.17) is 5.73 Å². The zero-order valence-corrected chi connectivity index (χ0v) is 12.6. The third-order valence-electron chi connectivity index (χ3n) is 2.94. The molecular weight excluding hydrogens is 290 g/mol. The van der Waals surface area contributed by atoms with E-state index in [1.54, 1.807) is 6.92 Å². The van der Waals surface area contributed by atoms with Gasteiger partial charge in [0.1, 0.15) is 9.90 Å². The molecule has 1 unspecified atom stereocenters. The summed E-state index contributed by atoms with van der Waals surface area (Å²) in [5.74, 6) is 3.10. The number of nitrogens with zero attached hydrogens (tertiary/aromatic N) is 1. The van der Waals surface area contributed by atoms with E-state index in [9.17, 15) is 8.42 Å². The van der Waals surface area contributed by atoms with Crippen LogP contribution in [0.15, 0.2) is 4.90 Å². The first-order valence-electron chi connectivity index (χ1n) is 5.84. The van der Waals surface area contributed by atoms with Crippen LogP contribution in [0, 0.1) is 5.92 Å². The van der Waals surface area contributed by atoms with Gasteiger partial charge in [0, 0.05) is 6.54 Å². The van der Waals surface area contributed by atoms with Crippen LogP contribution in [0.2, 0.25) is 0 Å². The Morgan fingerprint density at radius 2 is 2.33 bits per heavy atom. The minimum Gasteiger partial charge on any atom is -0.382 e. The predicted octanol–water partition coefficient (Wildman–Crippen LogP) is 1.68. The summed E-state index contributed by atoms with van der Waals surface area (Å²) >= 11 is 3.07. The average molecular weight is 307 g/mol. The van der Waals surface area contributed by atoms with E-state index < -0.39 is 9.84 Å². The van der Waals surface area contributed by atoms with Gasteiger partial charge in [-0.3, -0.25) is 0 Å². The number of rotatable bonds is 5. The lowest BCUT2D eigenvalue weighted by molar-refractivity contribution is 0.597. The van der Waals surface area contributed by atoms with Gasteiger partial charge in [-0.25, -0.2) is 8.42 Å². The van der Waals surface area contributed by atoms with Crippen LogP contribution in [0.3, 0.4) is 0 Å². The summed E-state index contributed by atoms with van der Waals surface area (Å²) in [4.78, 5) is 0.181. The van der Waals surface area contributed by atoms with E-state index in [1.165, 1.54) is 12.2 Å². The van der Waals surface area contributed by atoms with Gasteiger partial charge in [0.05, 0.1) is 5.75 Å². The number of hydrogen-bond donors (Lipinski definition) is 2. The number of anilines is 2. The fourth-order valence-corrected chi connectivity index (χ4v) is 5.29. The Morgan fingerprint density at radius 3 is 2.94 bits per heavy atom. The number of aromatic nitrogens is 1. The standard InChI is InChI=1S/C10H17N3O2S3/c1-2-18(14,15)8-9(11)13-17-10(8)12-5-7-3-4-16-6-7/h7,12H,2-6H2,1H3,(H2,11,13). The van der Waals surface area contributed by atoms with E-state index in [0.717, 1.165) is 23.8 Å². The summed E-state index contributed by atoms with van der Waals surface area (Å²) in [6, 6.07) is 0. The second kappa shape index (κ2) is 5.66. The average Bonchev–Trinajstić information content (AvgIpc) is 2.95. The van der Waals surface area contributed by atoms with Gasteiger partial charge in [0.15, 0.2) is 15.7 Å². The molecule has 0 radical (unpaired) electrons. The van der Waals surface area contributed by atoms with Crippen LogP contribution in [0.5, 0.6) is 0 Å². The molecule has 0 amide bonds. The van der Waals surface area contributed by atoms with E-state index in [1.807, 2.05) is 11.8 Å². The first-order valence-corrected chi connectivity index (χ1v) is 9.42. The molecule has 102 valence electrons. The summed E-state index contributed by atoms with van der Waals surface area (Å²) in [5.41, 5.74) is 5.66. The highest BCUT2D eigenvalue weighted by molar-refractivity contribution is 7.99. The number of nitrogen functional groups attached to an aromatic ring is 1. The molecule has 0 saturated carbocycles. The predicted molar refractivity (Wildman–Crippen MR) is 78.2 cm³/mol. The van der Waals surface area contributed by atoms with Crippen LogP contribution in [0.1, 0.15) is 13.3 Å². The lowest BCUT2D eigenvalue weighted by atomic mass is 10.1.